The van der Waals surface area contributed by atoms with Crippen molar-refractivity contribution in [3.8, 4) is 0 Å². The summed E-state index contributed by atoms with van der Waals surface area (Å²) in [5.41, 5.74) is 1.91. The molecule has 1 aromatic rings. The molecule has 1 fully saturated rings. The summed E-state index contributed by atoms with van der Waals surface area (Å²) >= 11 is 0. The van der Waals surface area contributed by atoms with Gasteiger partial charge in [-0.05, 0) is 37.6 Å². The molecular weight excluding hydrogens is 242 g/mol. The number of amides is 2. The zero-order chi connectivity index (χ0) is 13.4. The van der Waals surface area contributed by atoms with Gasteiger partial charge in [-0.25, -0.2) is 0 Å². The summed E-state index contributed by atoms with van der Waals surface area (Å²) in [4.78, 5) is 24.9. The van der Waals surface area contributed by atoms with Crippen LogP contribution in [0.1, 0.15) is 33.6 Å². The molecule has 1 aromatic carbocycles. The molecule has 1 unspecified atom stereocenters. The number of carbonyl (C=O) groups excluding carboxylic acids is 2. The zero-order valence-corrected chi connectivity index (χ0v) is 10.9. The largest absolute Gasteiger partial charge is 0.381 e. The maximum atomic E-state index is 11.9. The number of fused-ring (bicyclic) bond motifs is 1. The Morgan fingerprint density at radius 2 is 2.05 bits per heavy atom. The Hall–Kier alpha value is -1.88. The molecule has 3 rings (SSSR count). The Morgan fingerprint density at radius 3 is 2.79 bits per heavy atom. The Kier molecular flexibility index (Phi) is 2.98. The van der Waals surface area contributed by atoms with Gasteiger partial charge in [0.25, 0.3) is 11.8 Å². The van der Waals surface area contributed by atoms with E-state index in [4.69, 9.17) is 0 Å². The van der Waals surface area contributed by atoms with E-state index in [0.717, 1.165) is 36.5 Å². The molecular formula is C14H17N3O2. The van der Waals surface area contributed by atoms with Gasteiger partial charge < -0.3 is 10.6 Å². The van der Waals surface area contributed by atoms with Crippen LogP contribution >= 0.6 is 0 Å². The highest BCUT2D eigenvalue weighted by molar-refractivity contribution is 6.21. The Labute approximate surface area is 112 Å². The molecule has 2 heterocycles. The molecule has 5 heteroatoms. The minimum atomic E-state index is -0.217. The number of piperidine rings is 1. The Bertz CT molecular complexity index is 535. The van der Waals surface area contributed by atoms with Crippen LogP contribution < -0.4 is 10.6 Å². The van der Waals surface area contributed by atoms with Gasteiger partial charge in [-0.3, -0.25) is 14.5 Å². The number of anilines is 1. The number of carbonyl (C=O) groups is 2. The van der Waals surface area contributed by atoms with Crippen molar-refractivity contribution in [2.24, 2.45) is 0 Å². The SMILES string of the molecule is CN1C(=O)c2ccc(NC3CCCNC3)cc2C1=O. The average molecular weight is 259 g/mol. The summed E-state index contributed by atoms with van der Waals surface area (Å²) in [6.07, 6.45) is 2.28. The second-order valence-corrected chi connectivity index (χ2v) is 5.12. The monoisotopic (exact) mass is 259 g/mol. The minimum absolute atomic E-state index is 0.217. The molecule has 19 heavy (non-hydrogen) atoms. The quantitative estimate of drug-likeness (QED) is 0.780. The van der Waals surface area contributed by atoms with Gasteiger partial charge in [-0.1, -0.05) is 0 Å². The maximum absolute atomic E-state index is 11.9. The van der Waals surface area contributed by atoms with Gasteiger partial charge in [-0.2, -0.15) is 0 Å². The lowest BCUT2D eigenvalue weighted by molar-refractivity contribution is 0.0693. The Balaban J connectivity index is 1.82. The second-order valence-electron chi connectivity index (χ2n) is 5.12. The molecule has 0 aromatic heterocycles. The molecule has 0 bridgehead atoms. The Morgan fingerprint density at radius 1 is 1.26 bits per heavy atom. The van der Waals surface area contributed by atoms with Crippen molar-refractivity contribution in [2.75, 3.05) is 25.5 Å². The topological polar surface area (TPSA) is 61.4 Å². The predicted molar refractivity (Wildman–Crippen MR) is 72.4 cm³/mol. The molecule has 1 atom stereocenters. The van der Waals surface area contributed by atoms with E-state index in [0.29, 0.717) is 17.2 Å². The van der Waals surface area contributed by atoms with Crippen molar-refractivity contribution in [1.82, 2.24) is 10.2 Å². The van der Waals surface area contributed by atoms with Crippen LogP contribution in [-0.4, -0.2) is 42.9 Å². The van der Waals surface area contributed by atoms with E-state index < -0.39 is 0 Å². The van der Waals surface area contributed by atoms with Crippen LogP contribution in [-0.2, 0) is 0 Å². The van der Waals surface area contributed by atoms with E-state index in [2.05, 4.69) is 10.6 Å². The molecule has 5 nitrogen and oxygen atoms in total. The fraction of sp³-hybridized carbons (Fsp3) is 0.429. The van der Waals surface area contributed by atoms with Crippen molar-refractivity contribution in [3.63, 3.8) is 0 Å². The molecule has 100 valence electrons. The summed E-state index contributed by atoms with van der Waals surface area (Å²) < 4.78 is 0. The summed E-state index contributed by atoms with van der Waals surface area (Å²) in [6.45, 7) is 2.00. The smallest absolute Gasteiger partial charge is 0.261 e. The third kappa shape index (κ3) is 2.10. The van der Waals surface area contributed by atoms with E-state index in [1.54, 1.807) is 12.1 Å². The lowest BCUT2D eigenvalue weighted by Crippen LogP contribution is -2.38. The first kappa shape index (κ1) is 12.2. The number of hydrogen-bond acceptors (Lipinski definition) is 4. The van der Waals surface area contributed by atoms with Crippen molar-refractivity contribution in [2.45, 2.75) is 18.9 Å². The lowest BCUT2D eigenvalue weighted by Gasteiger charge is -2.24. The summed E-state index contributed by atoms with van der Waals surface area (Å²) in [7, 11) is 1.52. The fourth-order valence-corrected chi connectivity index (χ4v) is 2.66. The van der Waals surface area contributed by atoms with Gasteiger partial charge >= 0.3 is 0 Å². The standard InChI is InChI=1S/C14H17N3O2/c1-17-13(18)11-5-4-9(7-12(11)14(17)19)16-10-3-2-6-15-8-10/h4-5,7,10,15-16H,2-3,6,8H2,1H3. The number of benzene rings is 1. The number of hydrogen-bond donors (Lipinski definition) is 2. The van der Waals surface area contributed by atoms with E-state index in [-0.39, 0.29) is 11.8 Å². The highest BCUT2D eigenvalue weighted by Crippen LogP contribution is 2.25. The molecule has 2 N–H and O–H groups in total. The van der Waals surface area contributed by atoms with Crippen LogP contribution in [0.3, 0.4) is 0 Å². The van der Waals surface area contributed by atoms with Crippen LogP contribution in [0, 0.1) is 0 Å². The highest BCUT2D eigenvalue weighted by Gasteiger charge is 2.32. The lowest BCUT2D eigenvalue weighted by atomic mass is 10.1. The van der Waals surface area contributed by atoms with Crippen molar-refractivity contribution < 1.29 is 9.59 Å². The normalized spacial score (nSPS) is 22.6. The number of rotatable bonds is 2. The van der Waals surface area contributed by atoms with Gasteiger partial charge in [0.15, 0.2) is 0 Å². The van der Waals surface area contributed by atoms with Gasteiger partial charge in [-0.15, -0.1) is 0 Å². The fourth-order valence-electron chi connectivity index (χ4n) is 2.66. The minimum Gasteiger partial charge on any atom is -0.381 e. The molecule has 0 radical (unpaired) electrons. The molecule has 0 aliphatic carbocycles. The predicted octanol–water partition coefficient (Wildman–Crippen LogP) is 1.08. The van der Waals surface area contributed by atoms with Crippen LogP contribution in [0.2, 0.25) is 0 Å². The first-order valence-corrected chi connectivity index (χ1v) is 6.60. The van der Waals surface area contributed by atoms with Crippen molar-refractivity contribution in [1.29, 1.82) is 0 Å². The third-order valence-corrected chi connectivity index (χ3v) is 3.76. The van der Waals surface area contributed by atoms with Gasteiger partial charge in [0.2, 0.25) is 0 Å². The molecule has 0 saturated carbocycles. The van der Waals surface area contributed by atoms with Gasteiger partial charge in [0.1, 0.15) is 0 Å². The van der Waals surface area contributed by atoms with E-state index in [1.165, 1.54) is 7.05 Å². The molecule has 1 saturated heterocycles. The van der Waals surface area contributed by atoms with E-state index >= 15 is 0 Å². The van der Waals surface area contributed by atoms with Crippen molar-refractivity contribution >= 4 is 17.5 Å². The van der Waals surface area contributed by atoms with E-state index in [1.807, 2.05) is 6.07 Å². The average Bonchev–Trinajstić information content (AvgIpc) is 2.65. The van der Waals surface area contributed by atoms with Crippen LogP contribution in [0.25, 0.3) is 0 Å². The van der Waals surface area contributed by atoms with Crippen molar-refractivity contribution in [3.05, 3.63) is 29.3 Å². The number of nitrogens with one attached hydrogen (secondary N) is 2. The number of nitrogens with zero attached hydrogens (tertiary/aromatic N) is 1. The summed E-state index contributed by atoms with van der Waals surface area (Å²) in [6, 6.07) is 5.78. The summed E-state index contributed by atoms with van der Waals surface area (Å²) in [5.74, 6) is -0.434. The number of imide groups is 1. The highest BCUT2D eigenvalue weighted by atomic mass is 16.2. The van der Waals surface area contributed by atoms with Crippen LogP contribution in [0.15, 0.2) is 18.2 Å². The molecule has 0 spiro atoms. The third-order valence-electron chi connectivity index (χ3n) is 3.76. The zero-order valence-electron chi connectivity index (χ0n) is 10.9. The van der Waals surface area contributed by atoms with Gasteiger partial charge in [0.05, 0.1) is 11.1 Å². The van der Waals surface area contributed by atoms with E-state index in [9.17, 15) is 9.59 Å². The van der Waals surface area contributed by atoms with Crippen LogP contribution in [0.5, 0.6) is 0 Å². The first-order valence-electron chi connectivity index (χ1n) is 6.60. The molecule has 2 amide bonds. The molecule has 2 aliphatic rings. The maximum Gasteiger partial charge on any atom is 0.261 e. The second kappa shape index (κ2) is 4.66. The van der Waals surface area contributed by atoms with Crippen LogP contribution in [0.4, 0.5) is 5.69 Å². The van der Waals surface area contributed by atoms with Gasteiger partial charge in [0, 0.05) is 25.3 Å². The summed E-state index contributed by atoms with van der Waals surface area (Å²) in [5, 5.41) is 6.75. The molecule has 2 aliphatic heterocycles. The first-order chi connectivity index (χ1) is 9.16.